The average Bonchev–Trinajstić information content (AvgIpc) is 2.86. The number of nitriles is 1. The van der Waals surface area contributed by atoms with Gasteiger partial charge in [-0.3, -0.25) is 0 Å². The molecule has 3 rings (SSSR count). The first-order chi connectivity index (χ1) is 10.1. The minimum absolute atomic E-state index is 0.0328. The standard InChI is InChI=1S/C15H11BFNO3/c1-9-13(5-3-11-8-20-16(19)15(9)11)21-14-4-2-10(7-18)6-12(14)17/h2-6,19H,8H2,1H3. The summed E-state index contributed by atoms with van der Waals surface area (Å²) in [5, 5.41) is 18.5. The van der Waals surface area contributed by atoms with E-state index in [-0.39, 0.29) is 11.3 Å². The number of benzene rings is 2. The summed E-state index contributed by atoms with van der Waals surface area (Å²) in [6, 6.07) is 9.38. The third kappa shape index (κ3) is 2.37. The van der Waals surface area contributed by atoms with Crippen molar-refractivity contribution in [3.63, 3.8) is 0 Å². The molecular weight excluding hydrogens is 272 g/mol. The molecule has 1 aliphatic heterocycles. The zero-order valence-corrected chi connectivity index (χ0v) is 11.3. The van der Waals surface area contributed by atoms with Gasteiger partial charge in [0.2, 0.25) is 0 Å². The van der Waals surface area contributed by atoms with Gasteiger partial charge in [0, 0.05) is 0 Å². The van der Waals surface area contributed by atoms with Gasteiger partial charge < -0.3 is 14.4 Å². The van der Waals surface area contributed by atoms with E-state index in [1.807, 2.05) is 6.07 Å². The number of nitrogens with zero attached hydrogens (tertiary/aromatic N) is 1. The van der Waals surface area contributed by atoms with Gasteiger partial charge in [0.25, 0.3) is 0 Å². The van der Waals surface area contributed by atoms with Crippen molar-refractivity contribution in [2.24, 2.45) is 0 Å². The Morgan fingerprint density at radius 1 is 1.33 bits per heavy atom. The molecule has 0 saturated carbocycles. The molecule has 0 aromatic heterocycles. The van der Waals surface area contributed by atoms with Crippen molar-refractivity contribution in [1.82, 2.24) is 0 Å². The van der Waals surface area contributed by atoms with Crippen LogP contribution in [0.2, 0.25) is 0 Å². The van der Waals surface area contributed by atoms with E-state index < -0.39 is 12.9 Å². The lowest BCUT2D eigenvalue weighted by Crippen LogP contribution is -2.30. The monoisotopic (exact) mass is 283 g/mol. The lowest BCUT2D eigenvalue weighted by atomic mass is 9.76. The number of ether oxygens (including phenoxy) is 1. The van der Waals surface area contributed by atoms with E-state index in [1.165, 1.54) is 12.1 Å². The summed E-state index contributed by atoms with van der Waals surface area (Å²) >= 11 is 0. The van der Waals surface area contributed by atoms with Gasteiger partial charge in [-0.05, 0) is 47.8 Å². The highest BCUT2D eigenvalue weighted by molar-refractivity contribution is 6.62. The van der Waals surface area contributed by atoms with E-state index in [9.17, 15) is 9.41 Å². The number of hydrogen-bond donors (Lipinski definition) is 1. The maximum absolute atomic E-state index is 13.9. The molecule has 0 aliphatic carbocycles. The normalized spacial score (nSPS) is 13.0. The van der Waals surface area contributed by atoms with Crippen molar-refractivity contribution in [2.75, 3.05) is 0 Å². The van der Waals surface area contributed by atoms with Crippen LogP contribution in [0.5, 0.6) is 11.5 Å². The third-order valence-corrected chi connectivity index (χ3v) is 3.48. The fourth-order valence-electron chi connectivity index (χ4n) is 2.37. The molecule has 2 aromatic carbocycles. The van der Waals surface area contributed by atoms with Gasteiger partial charge in [-0.1, -0.05) is 6.07 Å². The molecule has 0 unspecified atom stereocenters. The zero-order valence-electron chi connectivity index (χ0n) is 11.3. The van der Waals surface area contributed by atoms with E-state index in [1.54, 1.807) is 19.1 Å². The summed E-state index contributed by atoms with van der Waals surface area (Å²) in [7, 11) is -0.977. The van der Waals surface area contributed by atoms with Gasteiger partial charge in [-0.25, -0.2) is 4.39 Å². The molecule has 0 atom stereocenters. The van der Waals surface area contributed by atoms with Crippen molar-refractivity contribution < 1.29 is 18.8 Å². The SMILES string of the molecule is Cc1c(Oc2ccc(C#N)cc2F)ccc2c1B(O)OC2. The van der Waals surface area contributed by atoms with Crippen molar-refractivity contribution in [3.8, 4) is 17.6 Å². The molecule has 2 aromatic rings. The number of halogens is 1. The molecule has 0 radical (unpaired) electrons. The summed E-state index contributed by atoms with van der Waals surface area (Å²) in [6.07, 6.45) is 0. The molecule has 1 N–H and O–H groups in total. The highest BCUT2D eigenvalue weighted by Gasteiger charge is 2.30. The highest BCUT2D eigenvalue weighted by Crippen LogP contribution is 2.29. The Balaban J connectivity index is 1.97. The van der Waals surface area contributed by atoms with Crippen LogP contribution >= 0.6 is 0 Å². The second-order valence-electron chi connectivity index (χ2n) is 4.78. The van der Waals surface area contributed by atoms with Crippen LogP contribution in [0.1, 0.15) is 16.7 Å². The lowest BCUT2D eigenvalue weighted by molar-refractivity contribution is 0.275. The molecule has 6 heteroatoms. The molecule has 1 heterocycles. The molecular formula is C15H11BFNO3. The summed E-state index contributed by atoms with van der Waals surface area (Å²) in [4.78, 5) is 0. The second-order valence-corrected chi connectivity index (χ2v) is 4.78. The fraction of sp³-hybridized carbons (Fsp3) is 0.133. The topological polar surface area (TPSA) is 62.5 Å². The maximum atomic E-state index is 13.9. The van der Waals surface area contributed by atoms with Crippen molar-refractivity contribution in [3.05, 3.63) is 52.8 Å². The molecule has 4 nitrogen and oxygen atoms in total. The van der Waals surface area contributed by atoms with Gasteiger partial charge in [0.15, 0.2) is 11.6 Å². The average molecular weight is 283 g/mol. The smallest absolute Gasteiger partial charge is 0.454 e. The van der Waals surface area contributed by atoms with E-state index in [0.717, 1.165) is 11.6 Å². The minimum atomic E-state index is -0.977. The van der Waals surface area contributed by atoms with E-state index in [4.69, 9.17) is 14.7 Å². The summed E-state index contributed by atoms with van der Waals surface area (Å²) < 4.78 is 24.6. The Bertz CT molecular complexity index is 757. The fourth-order valence-corrected chi connectivity index (χ4v) is 2.37. The van der Waals surface area contributed by atoms with Gasteiger partial charge in [-0.2, -0.15) is 5.26 Å². The van der Waals surface area contributed by atoms with Crippen LogP contribution in [0.25, 0.3) is 0 Å². The van der Waals surface area contributed by atoms with Crippen LogP contribution in [-0.4, -0.2) is 12.1 Å². The number of hydrogen-bond acceptors (Lipinski definition) is 4. The minimum Gasteiger partial charge on any atom is -0.454 e. The van der Waals surface area contributed by atoms with Gasteiger partial charge in [0.1, 0.15) is 5.75 Å². The van der Waals surface area contributed by atoms with E-state index >= 15 is 0 Å². The second kappa shape index (κ2) is 5.21. The van der Waals surface area contributed by atoms with Crippen LogP contribution < -0.4 is 10.2 Å². The quantitative estimate of drug-likeness (QED) is 0.856. The molecule has 104 valence electrons. The summed E-state index contributed by atoms with van der Waals surface area (Å²) in [6.45, 7) is 2.14. The van der Waals surface area contributed by atoms with E-state index in [0.29, 0.717) is 23.4 Å². The highest BCUT2D eigenvalue weighted by atomic mass is 19.1. The maximum Gasteiger partial charge on any atom is 0.492 e. The predicted molar refractivity (Wildman–Crippen MR) is 74.8 cm³/mol. The van der Waals surface area contributed by atoms with Crippen LogP contribution in [0.15, 0.2) is 30.3 Å². The largest absolute Gasteiger partial charge is 0.492 e. The Kier molecular flexibility index (Phi) is 3.38. The van der Waals surface area contributed by atoms with Gasteiger partial charge in [0.05, 0.1) is 18.2 Å². The van der Waals surface area contributed by atoms with Crippen molar-refractivity contribution in [2.45, 2.75) is 13.5 Å². The molecule has 0 amide bonds. The summed E-state index contributed by atoms with van der Waals surface area (Å²) in [5.41, 5.74) is 2.50. The first kappa shape index (κ1) is 13.6. The van der Waals surface area contributed by atoms with Crippen LogP contribution in [-0.2, 0) is 11.3 Å². The Morgan fingerprint density at radius 3 is 2.81 bits per heavy atom. The lowest BCUT2D eigenvalue weighted by Gasteiger charge is -2.12. The number of rotatable bonds is 2. The van der Waals surface area contributed by atoms with Gasteiger partial charge in [-0.15, -0.1) is 0 Å². The molecule has 0 fully saturated rings. The Labute approximate surface area is 121 Å². The molecule has 21 heavy (non-hydrogen) atoms. The first-order valence-corrected chi connectivity index (χ1v) is 6.39. The Hall–Kier alpha value is -2.36. The first-order valence-electron chi connectivity index (χ1n) is 6.39. The van der Waals surface area contributed by atoms with Crippen LogP contribution in [0.3, 0.4) is 0 Å². The van der Waals surface area contributed by atoms with Crippen molar-refractivity contribution >= 4 is 12.6 Å². The van der Waals surface area contributed by atoms with Crippen LogP contribution in [0, 0.1) is 24.1 Å². The van der Waals surface area contributed by atoms with Gasteiger partial charge >= 0.3 is 7.12 Å². The molecule has 1 aliphatic rings. The van der Waals surface area contributed by atoms with Crippen molar-refractivity contribution in [1.29, 1.82) is 5.26 Å². The van der Waals surface area contributed by atoms with Crippen LogP contribution in [0.4, 0.5) is 4.39 Å². The number of fused-ring (bicyclic) bond motifs is 1. The summed E-state index contributed by atoms with van der Waals surface area (Å²) in [5.74, 6) is -0.127. The third-order valence-electron chi connectivity index (χ3n) is 3.48. The zero-order chi connectivity index (χ0) is 15.0. The molecule has 0 saturated heterocycles. The van der Waals surface area contributed by atoms with E-state index in [2.05, 4.69) is 0 Å². The molecule has 0 spiro atoms. The predicted octanol–water partition coefficient (Wildman–Crippen LogP) is 2.02. The molecule has 0 bridgehead atoms. The Morgan fingerprint density at radius 2 is 2.10 bits per heavy atom.